The number of allylic oxidation sites excluding steroid dienone is 1. The highest BCUT2D eigenvalue weighted by molar-refractivity contribution is 4.86. The van der Waals surface area contributed by atoms with Gasteiger partial charge in [-0.1, -0.05) is 19.1 Å². The van der Waals surface area contributed by atoms with Gasteiger partial charge in [0.25, 0.3) is 0 Å². The highest BCUT2D eigenvalue weighted by atomic mass is 16.3. The van der Waals surface area contributed by atoms with E-state index in [0.717, 1.165) is 19.3 Å². The van der Waals surface area contributed by atoms with Gasteiger partial charge in [-0.25, -0.2) is 0 Å². The Labute approximate surface area is 74.9 Å². The predicted molar refractivity (Wildman–Crippen MR) is 50.9 cm³/mol. The highest BCUT2D eigenvalue weighted by Gasteiger charge is 2.09. The van der Waals surface area contributed by atoms with E-state index in [2.05, 4.69) is 0 Å². The standard InChI is InChI=1S/C10H20O2/c1-3-6-9(2)10(12)7-4-5-8-11/h3,6,9-12H,4-5,7-8H2,1-2H3/b6-3+. The van der Waals surface area contributed by atoms with Gasteiger partial charge < -0.3 is 10.2 Å². The van der Waals surface area contributed by atoms with E-state index >= 15 is 0 Å². The SMILES string of the molecule is C/C=C/C(C)C(O)CCCCO. The van der Waals surface area contributed by atoms with E-state index in [9.17, 15) is 5.11 Å². The largest absolute Gasteiger partial charge is 0.396 e. The lowest BCUT2D eigenvalue weighted by Gasteiger charge is -2.14. The molecule has 0 aromatic rings. The summed E-state index contributed by atoms with van der Waals surface area (Å²) in [6.07, 6.45) is 6.18. The number of aliphatic hydroxyl groups is 2. The average Bonchev–Trinajstić information content (AvgIpc) is 2.05. The van der Waals surface area contributed by atoms with Crippen molar-refractivity contribution in [3.63, 3.8) is 0 Å². The van der Waals surface area contributed by atoms with Crippen LogP contribution in [0.3, 0.4) is 0 Å². The van der Waals surface area contributed by atoms with Gasteiger partial charge in [-0.2, -0.15) is 0 Å². The Morgan fingerprint density at radius 1 is 1.33 bits per heavy atom. The first-order chi connectivity index (χ1) is 5.72. The molecule has 2 atom stereocenters. The second kappa shape index (κ2) is 7.32. The van der Waals surface area contributed by atoms with Gasteiger partial charge in [0.2, 0.25) is 0 Å². The molecular weight excluding hydrogens is 152 g/mol. The van der Waals surface area contributed by atoms with Crippen molar-refractivity contribution in [3.8, 4) is 0 Å². The van der Waals surface area contributed by atoms with Crippen LogP contribution in [-0.4, -0.2) is 22.9 Å². The minimum atomic E-state index is -0.257. The Kier molecular flexibility index (Phi) is 7.11. The summed E-state index contributed by atoms with van der Waals surface area (Å²) >= 11 is 0. The average molecular weight is 172 g/mol. The molecule has 0 rings (SSSR count). The van der Waals surface area contributed by atoms with Crippen molar-refractivity contribution >= 4 is 0 Å². The fourth-order valence-electron chi connectivity index (χ4n) is 1.16. The summed E-state index contributed by atoms with van der Waals surface area (Å²) in [5.41, 5.74) is 0. The monoisotopic (exact) mass is 172 g/mol. The van der Waals surface area contributed by atoms with E-state index in [1.807, 2.05) is 26.0 Å². The summed E-state index contributed by atoms with van der Waals surface area (Å²) in [7, 11) is 0. The van der Waals surface area contributed by atoms with Crippen molar-refractivity contribution in [1.82, 2.24) is 0 Å². The minimum absolute atomic E-state index is 0.227. The van der Waals surface area contributed by atoms with Gasteiger partial charge in [-0.3, -0.25) is 0 Å². The van der Waals surface area contributed by atoms with Crippen molar-refractivity contribution in [2.75, 3.05) is 6.61 Å². The first-order valence-corrected chi connectivity index (χ1v) is 4.64. The molecule has 0 bridgehead atoms. The fourth-order valence-corrected chi connectivity index (χ4v) is 1.16. The van der Waals surface area contributed by atoms with Crippen molar-refractivity contribution in [2.24, 2.45) is 5.92 Å². The van der Waals surface area contributed by atoms with E-state index in [-0.39, 0.29) is 18.6 Å². The Hall–Kier alpha value is -0.340. The summed E-state index contributed by atoms with van der Waals surface area (Å²) in [6.45, 7) is 4.19. The molecule has 0 amide bonds. The predicted octanol–water partition coefficient (Wildman–Crippen LogP) is 1.72. The summed E-state index contributed by atoms with van der Waals surface area (Å²) in [4.78, 5) is 0. The normalized spacial score (nSPS) is 16.7. The molecule has 0 saturated heterocycles. The number of hydrogen-bond acceptors (Lipinski definition) is 2. The maximum atomic E-state index is 9.54. The second-order valence-electron chi connectivity index (χ2n) is 3.17. The van der Waals surface area contributed by atoms with Crippen molar-refractivity contribution < 1.29 is 10.2 Å². The van der Waals surface area contributed by atoms with Gasteiger partial charge in [0.15, 0.2) is 0 Å². The molecule has 0 spiro atoms. The molecule has 0 fully saturated rings. The maximum Gasteiger partial charge on any atom is 0.0600 e. The number of hydrogen-bond donors (Lipinski definition) is 2. The molecular formula is C10H20O2. The zero-order chi connectivity index (χ0) is 9.40. The van der Waals surface area contributed by atoms with Crippen molar-refractivity contribution in [3.05, 3.63) is 12.2 Å². The third-order valence-corrected chi connectivity index (χ3v) is 2.01. The lowest BCUT2D eigenvalue weighted by Crippen LogP contribution is -2.15. The van der Waals surface area contributed by atoms with Gasteiger partial charge in [-0.15, -0.1) is 0 Å². The molecule has 2 nitrogen and oxygen atoms in total. The number of aliphatic hydroxyl groups excluding tert-OH is 2. The highest BCUT2D eigenvalue weighted by Crippen LogP contribution is 2.11. The van der Waals surface area contributed by atoms with Crippen LogP contribution in [0.15, 0.2) is 12.2 Å². The van der Waals surface area contributed by atoms with Gasteiger partial charge >= 0.3 is 0 Å². The van der Waals surface area contributed by atoms with Crippen LogP contribution in [0.5, 0.6) is 0 Å². The Bertz CT molecular complexity index is 121. The first kappa shape index (κ1) is 11.7. The molecule has 2 heteroatoms. The molecule has 0 heterocycles. The Balaban J connectivity index is 3.49. The van der Waals surface area contributed by atoms with Crippen molar-refractivity contribution in [1.29, 1.82) is 0 Å². The third-order valence-electron chi connectivity index (χ3n) is 2.01. The van der Waals surface area contributed by atoms with Crippen molar-refractivity contribution in [2.45, 2.75) is 39.2 Å². The molecule has 0 radical (unpaired) electrons. The molecule has 0 aromatic heterocycles. The summed E-state index contributed by atoms with van der Waals surface area (Å²) in [5.74, 6) is 0.230. The summed E-state index contributed by atoms with van der Waals surface area (Å²) in [5, 5.41) is 18.1. The maximum absolute atomic E-state index is 9.54. The van der Waals surface area contributed by atoms with E-state index in [1.54, 1.807) is 0 Å². The summed E-state index contributed by atoms with van der Waals surface area (Å²) < 4.78 is 0. The molecule has 72 valence electrons. The smallest absolute Gasteiger partial charge is 0.0600 e. The fraction of sp³-hybridized carbons (Fsp3) is 0.800. The zero-order valence-corrected chi connectivity index (χ0v) is 8.03. The molecule has 0 saturated carbocycles. The topological polar surface area (TPSA) is 40.5 Å². The van der Waals surface area contributed by atoms with Gasteiger partial charge in [0.05, 0.1) is 6.10 Å². The van der Waals surface area contributed by atoms with Crippen LogP contribution in [0.2, 0.25) is 0 Å². The van der Waals surface area contributed by atoms with Crippen LogP contribution < -0.4 is 0 Å². The molecule has 2 unspecified atom stereocenters. The van der Waals surface area contributed by atoms with E-state index in [0.29, 0.717) is 0 Å². The van der Waals surface area contributed by atoms with Crippen LogP contribution in [0.1, 0.15) is 33.1 Å². The lowest BCUT2D eigenvalue weighted by molar-refractivity contribution is 0.122. The molecule has 0 aliphatic heterocycles. The van der Waals surface area contributed by atoms with Gasteiger partial charge in [0.1, 0.15) is 0 Å². The Morgan fingerprint density at radius 2 is 2.00 bits per heavy atom. The van der Waals surface area contributed by atoms with Crippen LogP contribution in [-0.2, 0) is 0 Å². The summed E-state index contributed by atoms with van der Waals surface area (Å²) in [6, 6.07) is 0. The molecule has 0 aliphatic rings. The van der Waals surface area contributed by atoms with E-state index < -0.39 is 0 Å². The van der Waals surface area contributed by atoms with Crippen LogP contribution in [0.25, 0.3) is 0 Å². The second-order valence-corrected chi connectivity index (χ2v) is 3.17. The van der Waals surface area contributed by atoms with Crippen LogP contribution in [0, 0.1) is 5.92 Å². The number of unbranched alkanes of at least 4 members (excludes halogenated alkanes) is 1. The molecule has 0 aliphatic carbocycles. The van der Waals surface area contributed by atoms with Gasteiger partial charge in [-0.05, 0) is 32.1 Å². The minimum Gasteiger partial charge on any atom is -0.396 e. The molecule has 2 N–H and O–H groups in total. The Morgan fingerprint density at radius 3 is 2.50 bits per heavy atom. The third kappa shape index (κ3) is 5.33. The van der Waals surface area contributed by atoms with E-state index in [1.165, 1.54) is 0 Å². The lowest BCUT2D eigenvalue weighted by atomic mass is 9.99. The van der Waals surface area contributed by atoms with Gasteiger partial charge in [0, 0.05) is 6.61 Å². The van der Waals surface area contributed by atoms with Crippen LogP contribution in [0.4, 0.5) is 0 Å². The first-order valence-electron chi connectivity index (χ1n) is 4.64. The zero-order valence-electron chi connectivity index (χ0n) is 8.03. The quantitative estimate of drug-likeness (QED) is 0.473. The number of rotatable bonds is 6. The van der Waals surface area contributed by atoms with Crippen LogP contribution >= 0.6 is 0 Å². The molecule has 0 aromatic carbocycles. The van der Waals surface area contributed by atoms with E-state index in [4.69, 9.17) is 5.11 Å². The molecule has 12 heavy (non-hydrogen) atoms.